The van der Waals surface area contributed by atoms with Crippen molar-refractivity contribution in [3.05, 3.63) is 0 Å². The first kappa shape index (κ1) is 23.0. The van der Waals surface area contributed by atoms with Crippen LogP contribution in [0.2, 0.25) is 6.04 Å². The van der Waals surface area contributed by atoms with Gasteiger partial charge in [0.15, 0.2) is 0 Å². The molecule has 0 saturated heterocycles. The quantitative estimate of drug-likeness (QED) is 0.255. The van der Waals surface area contributed by atoms with Crippen molar-refractivity contribution >= 4 is 20.7 Å². The fourth-order valence-corrected chi connectivity index (χ4v) is 4.85. The highest BCUT2D eigenvalue weighted by Gasteiger charge is 2.39. The van der Waals surface area contributed by atoms with Crippen molar-refractivity contribution in [1.82, 2.24) is 5.32 Å². The summed E-state index contributed by atoms with van der Waals surface area (Å²) in [4.78, 5) is 22.6. The van der Waals surface area contributed by atoms with Crippen molar-refractivity contribution in [3.63, 3.8) is 0 Å². The Morgan fingerprint density at radius 1 is 1.00 bits per heavy atom. The van der Waals surface area contributed by atoms with Crippen molar-refractivity contribution in [2.75, 3.05) is 33.0 Å². The molecule has 0 radical (unpaired) electrons. The van der Waals surface area contributed by atoms with E-state index in [0.29, 0.717) is 38.8 Å². The number of esters is 1. The highest BCUT2D eigenvalue weighted by Crippen LogP contribution is 2.18. The Balaban J connectivity index is 4.54. The maximum Gasteiger partial charge on any atom is 0.500 e. The minimum atomic E-state index is -2.71. The molecule has 0 bridgehead atoms. The zero-order valence-electron chi connectivity index (χ0n) is 15.1. The van der Waals surface area contributed by atoms with Crippen LogP contribution in [0.15, 0.2) is 0 Å². The van der Waals surface area contributed by atoms with E-state index < -0.39 is 26.8 Å². The van der Waals surface area contributed by atoms with Crippen LogP contribution in [-0.4, -0.2) is 64.9 Å². The number of hydrogen-bond donors (Lipinski definition) is 2. The van der Waals surface area contributed by atoms with Crippen molar-refractivity contribution in [3.8, 4) is 0 Å². The van der Waals surface area contributed by atoms with Crippen LogP contribution in [0, 0.1) is 0 Å². The van der Waals surface area contributed by atoms with E-state index in [4.69, 9.17) is 23.1 Å². The number of carbonyl (C=O) groups is 2. The molecule has 142 valence electrons. The topological polar surface area (TPSA) is 103 Å². The molecular weight excluding hydrogens is 334 g/mol. The van der Waals surface area contributed by atoms with E-state index in [0.717, 1.165) is 0 Å². The molecule has 1 unspecified atom stereocenters. The van der Waals surface area contributed by atoms with Gasteiger partial charge in [-0.15, -0.1) is 0 Å². The Morgan fingerprint density at radius 2 is 1.54 bits per heavy atom. The molecule has 0 aromatic rings. The largest absolute Gasteiger partial charge is 0.500 e. The van der Waals surface area contributed by atoms with Gasteiger partial charge in [-0.25, -0.2) is 0 Å². The van der Waals surface area contributed by atoms with E-state index in [1.54, 1.807) is 6.92 Å². The molecule has 0 aliphatic rings. The summed E-state index contributed by atoms with van der Waals surface area (Å²) in [6, 6.07) is -0.261. The molecule has 0 rings (SSSR count). The fourth-order valence-electron chi connectivity index (χ4n) is 2.24. The predicted molar refractivity (Wildman–Crippen MR) is 90.7 cm³/mol. The normalized spacial score (nSPS) is 12.8. The molecule has 0 saturated carbocycles. The van der Waals surface area contributed by atoms with E-state index in [2.05, 4.69) is 5.32 Å². The zero-order valence-corrected chi connectivity index (χ0v) is 16.1. The average molecular weight is 365 g/mol. The number of nitrogens with one attached hydrogen (secondary N) is 1. The third kappa shape index (κ3) is 9.33. The number of carboxylic acids is 1. The Kier molecular flexibility index (Phi) is 12.7. The van der Waals surface area contributed by atoms with Crippen LogP contribution in [0.3, 0.4) is 0 Å². The van der Waals surface area contributed by atoms with Crippen LogP contribution in [0.25, 0.3) is 0 Å². The lowest BCUT2D eigenvalue weighted by molar-refractivity contribution is -0.150. The molecule has 8 nitrogen and oxygen atoms in total. The number of carboxylic acid groups (broad SMARTS) is 1. The molecule has 0 aliphatic heterocycles. The molecule has 2 N–H and O–H groups in total. The van der Waals surface area contributed by atoms with Gasteiger partial charge in [0.05, 0.1) is 13.0 Å². The van der Waals surface area contributed by atoms with Gasteiger partial charge in [-0.05, 0) is 40.7 Å². The molecule has 9 heteroatoms. The van der Waals surface area contributed by atoms with Gasteiger partial charge in [0.25, 0.3) is 0 Å². The van der Waals surface area contributed by atoms with Crippen LogP contribution < -0.4 is 5.32 Å². The lowest BCUT2D eigenvalue weighted by Gasteiger charge is -2.28. The van der Waals surface area contributed by atoms with Gasteiger partial charge in [-0.3, -0.25) is 9.59 Å². The standard InChI is InChI=1S/C15H31NO7Si/c1-5-20-15(19)13(12-14(17)18)16-10-9-11-24(21-6-2,22-7-3)23-8-4/h13,16H,5-12H2,1-4H3,(H,17,18). The SMILES string of the molecule is CCOC(=O)C(CC(=O)O)NCCC[Si](OCC)(OCC)OCC. The van der Waals surface area contributed by atoms with Crippen LogP contribution in [0.4, 0.5) is 0 Å². The number of carbonyl (C=O) groups excluding carboxylic acids is 1. The molecule has 0 fully saturated rings. The maximum atomic E-state index is 11.8. The summed E-state index contributed by atoms with van der Waals surface area (Å²) in [7, 11) is -2.71. The Hall–Kier alpha value is -1.00. The highest BCUT2D eigenvalue weighted by molar-refractivity contribution is 6.60. The first-order chi connectivity index (χ1) is 11.4. The fraction of sp³-hybridized carbons (Fsp3) is 0.867. The van der Waals surface area contributed by atoms with Crippen LogP contribution in [0.1, 0.15) is 40.5 Å². The maximum absolute atomic E-state index is 11.8. The van der Waals surface area contributed by atoms with Crippen molar-refractivity contribution in [2.24, 2.45) is 0 Å². The van der Waals surface area contributed by atoms with E-state index >= 15 is 0 Å². The lowest BCUT2D eigenvalue weighted by atomic mass is 10.2. The minimum absolute atomic E-state index is 0.214. The molecule has 0 heterocycles. The summed E-state index contributed by atoms with van der Waals surface area (Å²) < 4.78 is 22.1. The number of rotatable bonds is 15. The molecule has 0 aromatic carbocycles. The van der Waals surface area contributed by atoms with Crippen LogP contribution in [-0.2, 0) is 27.6 Å². The van der Waals surface area contributed by atoms with Gasteiger partial charge in [-0.1, -0.05) is 0 Å². The van der Waals surface area contributed by atoms with Gasteiger partial charge in [0, 0.05) is 25.9 Å². The second kappa shape index (κ2) is 13.3. The van der Waals surface area contributed by atoms with Crippen molar-refractivity contribution in [2.45, 2.75) is 52.6 Å². The lowest BCUT2D eigenvalue weighted by Crippen LogP contribution is -2.47. The van der Waals surface area contributed by atoms with Gasteiger partial charge >= 0.3 is 20.7 Å². The predicted octanol–water partition coefficient (Wildman–Crippen LogP) is 1.42. The van der Waals surface area contributed by atoms with Crippen molar-refractivity contribution < 1.29 is 32.7 Å². The van der Waals surface area contributed by atoms with E-state index in [1.165, 1.54) is 0 Å². The molecule has 1 atom stereocenters. The zero-order chi connectivity index (χ0) is 18.4. The number of hydrogen-bond acceptors (Lipinski definition) is 7. The van der Waals surface area contributed by atoms with Crippen molar-refractivity contribution in [1.29, 1.82) is 0 Å². The summed E-state index contributed by atoms with van der Waals surface area (Å²) in [6.45, 7) is 9.52. The summed E-state index contributed by atoms with van der Waals surface area (Å²) in [5.41, 5.74) is 0. The molecule has 0 amide bonds. The Labute approximate surface area is 145 Å². The third-order valence-corrected chi connectivity index (χ3v) is 6.24. The Morgan fingerprint density at radius 3 is 1.96 bits per heavy atom. The molecule has 0 spiro atoms. The van der Waals surface area contributed by atoms with Crippen LogP contribution >= 0.6 is 0 Å². The van der Waals surface area contributed by atoms with Crippen LogP contribution in [0.5, 0.6) is 0 Å². The smallest absolute Gasteiger partial charge is 0.481 e. The Bertz CT molecular complexity index is 351. The van der Waals surface area contributed by atoms with E-state index in [-0.39, 0.29) is 13.0 Å². The molecule has 0 aliphatic carbocycles. The van der Waals surface area contributed by atoms with Gasteiger partial charge in [0.2, 0.25) is 0 Å². The first-order valence-corrected chi connectivity index (χ1v) is 10.4. The van der Waals surface area contributed by atoms with Gasteiger partial charge in [0.1, 0.15) is 6.04 Å². The van der Waals surface area contributed by atoms with Gasteiger partial charge in [-0.2, -0.15) is 0 Å². The molecule has 0 aromatic heterocycles. The number of ether oxygens (including phenoxy) is 1. The van der Waals surface area contributed by atoms with E-state index in [1.807, 2.05) is 20.8 Å². The second-order valence-electron chi connectivity index (χ2n) is 4.94. The molecular formula is C15H31NO7Si. The summed E-state index contributed by atoms with van der Waals surface area (Å²) >= 11 is 0. The minimum Gasteiger partial charge on any atom is -0.481 e. The average Bonchev–Trinajstić information content (AvgIpc) is 2.51. The summed E-state index contributed by atoms with van der Waals surface area (Å²) in [5, 5.41) is 11.8. The third-order valence-electron chi connectivity index (χ3n) is 3.09. The number of aliphatic carboxylic acids is 1. The summed E-state index contributed by atoms with van der Waals surface area (Å²) in [6.07, 6.45) is 0.325. The van der Waals surface area contributed by atoms with E-state index in [9.17, 15) is 9.59 Å². The van der Waals surface area contributed by atoms with Gasteiger partial charge < -0.3 is 28.4 Å². The highest BCUT2D eigenvalue weighted by atomic mass is 28.4. The molecule has 24 heavy (non-hydrogen) atoms. The summed E-state index contributed by atoms with van der Waals surface area (Å²) in [5.74, 6) is -1.61. The monoisotopic (exact) mass is 365 g/mol. The first-order valence-electron chi connectivity index (χ1n) is 8.48. The second-order valence-corrected chi connectivity index (χ2v) is 7.67.